The first kappa shape index (κ1) is 16.4. The van der Waals surface area contributed by atoms with Crippen LogP contribution < -0.4 is 10.6 Å². The van der Waals surface area contributed by atoms with Crippen LogP contribution in [0, 0.1) is 6.92 Å². The maximum atomic E-state index is 12.1. The third-order valence-electron chi connectivity index (χ3n) is 3.75. The first-order valence-electron chi connectivity index (χ1n) is 7.21. The number of fused-ring (bicyclic) bond motifs is 1. The van der Waals surface area contributed by atoms with Gasteiger partial charge in [0.15, 0.2) is 0 Å². The molecule has 2 amide bonds. The Labute approximate surface area is 134 Å². The summed E-state index contributed by atoms with van der Waals surface area (Å²) in [6, 6.07) is 3.82. The number of benzene rings is 1. The molecule has 0 bridgehead atoms. The highest BCUT2D eigenvalue weighted by atomic mass is 35.5. The fourth-order valence-corrected chi connectivity index (χ4v) is 2.67. The number of rotatable bonds is 5. The Kier molecular flexibility index (Phi) is 5.08. The van der Waals surface area contributed by atoms with Crippen LogP contribution in [0.5, 0.6) is 0 Å². The first-order chi connectivity index (χ1) is 10.5. The molecule has 0 aliphatic heterocycles. The van der Waals surface area contributed by atoms with Gasteiger partial charge < -0.3 is 15.6 Å². The molecule has 0 aliphatic rings. The summed E-state index contributed by atoms with van der Waals surface area (Å²) in [6.07, 6.45) is 1.76. The fraction of sp³-hybridized carbons (Fsp3) is 0.375. The Hall–Kier alpha value is -2.01. The van der Waals surface area contributed by atoms with Crippen molar-refractivity contribution >= 4 is 34.3 Å². The van der Waals surface area contributed by atoms with Gasteiger partial charge in [-0.3, -0.25) is 9.59 Å². The number of amides is 2. The zero-order valence-electron chi connectivity index (χ0n) is 13.0. The van der Waals surface area contributed by atoms with Gasteiger partial charge >= 0.3 is 0 Å². The quantitative estimate of drug-likeness (QED) is 0.791. The molecule has 0 fully saturated rings. The lowest BCUT2D eigenvalue weighted by Crippen LogP contribution is -2.20. The van der Waals surface area contributed by atoms with Crippen molar-refractivity contribution < 1.29 is 9.59 Å². The molecule has 0 atom stereocenters. The van der Waals surface area contributed by atoms with Crippen LogP contribution in [0.1, 0.15) is 34.5 Å². The molecule has 1 heterocycles. The number of H-pyrrole nitrogens is 1. The van der Waals surface area contributed by atoms with E-state index in [1.165, 1.54) is 0 Å². The summed E-state index contributed by atoms with van der Waals surface area (Å²) in [5.41, 5.74) is 3.27. The molecule has 2 rings (SSSR count). The molecule has 0 spiro atoms. The van der Waals surface area contributed by atoms with Gasteiger partial charge in [0.05, 0.1) is 0 Å². The van der Waals surface area contributed by atoms with E-state index >= 15 is 0 Å². The number of aromatic nitrogens is 1. The van der Waals surface area contributed by atoms with E-state index < -0.39 is 0 Å². The average Bonchev–Trinajstić information content (AvgIpc) is 2.84. The van der Waals surface area contributed by atoms with Gasteiger partial charge in [-0.1, -0.05) is 11.6 Å². The summed E-state index contributed by atoms with van der Waals surface area (Å²) >= 11 is 6.15. The van der Waals surface area contributed by atoms with E-state index in [1.54, 1.807) is 14.1 Å². The van der Waals surface area contributed by atoms with Gasteiger partial charge in [-0.15, -0.1) is 0 Å². The van der Waals surface area contributed by atoms with Crippen molar-refractivity contribution in [3.8, 4) is 0 Å². The third-order valence-corrected chi connectivity index (χ3v) is 4.16. The average molecular weight is 322 g/mol. The summed E-state index contributed by atoms with van der Waals surface area (Å²) < 4.78 is 0. The van der Waals surface area contributed by atoms with Crippen LogP contribution in [0.25, 0.3) is 10.9 Å². The number of nitrogens with one attached hydrogen (secondary N) is 3. The largest absolute Gasteiger partial charge is 0.359 e. The number of carbonyl (C=O) groups is 2. The number of carbonyl (C=O) groups excluding carboxylic acids is 2. The van der Waals surface area contributed by atoms with Gasteiger partial charge in [-0.05, 0) is 43.0 Å². The lowest BCUT2D eigenvalue weighted by atomic mass is 10.0. The molecule has 2 aromatic rings. The minimum Gasteiger partial charge on any atom is -0.359 e. The second-order valence-corrected chi connectivity index (χ2v) is 5.64. The normalized spacial score (nSPS) is 10.7. The first-order valence-corrected chi connectivity index (χ1v) is 7.59. The van der Waals surface area contributed by atoms with E-state index in [9.17, 15) is 9.59 Å². The molecule has 0 saturated carbocycles. The van der Waals surface area contributed by atoms with Crippen LogP contribution in [0.15, 0.2) is 12.1 Å². The van der Waals surface area contributed by atoms with Crippen molar-refractivity contribution in [3.63, 3.8) is 0 Å². The molecule has 118 valence electrons. The van der Waals surface area contributed by atoms with E-state index in [0.717, 1.165) is 22.0 Å². The zero-order valence-corrected chi connectivity index (χ0v) is 13.7. The predicted molar refractivity (Wildman–Crippen MR) is 88.4 cm³/mol. The van der Waals surface area contributed by atoms with Gasteiger partial charge in [-0.2, -0.15) is 0 Å². The van der Waals surface area contributed by atoms with Gasteiger partial charge in [0.25, 0.3) is 5.91 Å². The molecule has 1 aromatic carbocycles. The maximum absolute atomic E-state index is 12.1. The second-order valence-electron chi connectivity index (χ2n) is 5.23. The lowest BCUT2D eigenvalue weighted by Gasteiger charge is -2.05. The zero-order chi connectivity index (χ0) is 16.3. The minimum atomic E-state index is -0.167. The highest BCUT2D eigenvalue weighted by molar-refractivity contribution is 6.32. The molecule has 22 heavy (non-hydrogen) atoms. The van der Waals surface area contributed by atoms with Crippen molar-refractivity contribution in [2.24, 2.45) is 0 Å². The fourth-order valence-electron chi connectivity index (χ4n) is 2.51. The Morgan fingerprint density at radius 1 is 1.23 bits per heavy atom. The van der Waals surface area contributed by atoms with Gasteiger partial charge in [0.1, 0.15) is 5.69 Å². The number of aromatic amines is 1. The summed E-state index contributed by atoms with van der Waals surface area (Å²) in [7, 11) is 3.22. The van der Waals surface area contributed by atoms with Crippen LogP contribution in [0.3, 0.4) is 0 Å². The number of hydrogen-bond acceptors (Lipinski definition) is 2. The Bertz CT molecular complexity index is 722. The molecule has 0 unspecified atom stereocenters. The standard InChI is InChI=1S/C16H20ClN3O2/c1-9-7-11-10(5-4-6-14(21)18-2)15(16(22)19-3)20-13(11)8-12(9)17/h7-8,20H,4-6H2,1-3H3,(H,18,21)(H,19,22). The molecular weight excluding hydrogens is 302 g/mol. The Balaban J connectivity index is 2.41. The van der Waals surface area contributed by atoms with Crippen LogP contribution in [-0.4, -0.2) is 30.9 Å². The maximum Gasteiger partial charge on any atom is 0.267 e. The Morgan fingerprint density at radius 2 is 1.95 bits per heavy atom. The molecule has 0 saturated heterocycles. The van der Waals surface area contributed by atoms with E-state index in [1.807, 2.05) is 19.1 Å². The molecule has 3 N–H and O–H groups in total. The van der Waals surface area contributed by atoms with Gasteiger partial charge in [-0.25, -0.2) is 0 Å². The van der Waals surface area contributed by atoms with Crippen molar-refractivity contribution in [2.75, 3.05) is 14.1 Å². The van der Waals surface area contributed by atoms with Gasteiger partial charge in [0, 0.05) is 36.4 Å². The second kappa shape index (κ2) is 6.83. The minimum absolute atomic E-state index is 0.000518. The molecule has 5 nitrogen and oxygen atoms in total. The summed E-state index contributed by atoms with van der Waals surface area (Å²) in [5, 5.41) is 6.89. The SMILES string of the molecule is CNC(=O)CCCc1c(C(=O)NC)[nH]c2cc(Cl)c(C)cc12. The van der Waals surface area contributed by atoms with Gasteiger partial charge in [0.2, 0.25) is 5.91 Å². The summed E-state index contributed by atoms with van der Waals surface area (Å²) in [4.78, 5) is 26.6. The Morgan fingerprint density at radius 3 is 2.59 bits per heavy atom. The van der Waals surface area contributed by atoms with Crippen LogP contribution in [0.2, 0.25) is 5.02 Å². The molecule has 0 radical (unpaired) electrons. The lowest BCUT2D eigenvalue weighted by molar-refractivity contribution is -0.120. The number of aryl methyl sites for hydroxylation is 2. The van der Waals surface area contributed by atoms with E-state index in [0.29, 0.717) is 30.0 Å². The third kappa shape index (κ3) is 3.25. The number of halogens is 1. The monoisotopic (exact) mass is 321 g/mol. The molecule has 6 heteroatoms. The highest BCUT2D eigenvalue weighted by Crippen LogP contribution is 2.29. The van der Waals surface area contributed by atoms with Crippen molar-refractivity contribution in [3.05, 3.63) is 34.0 Å². The smallest absolute Gasteiger partial charge is 0.267 e. The van der Waals surface area contributed by atoms with E-state index in [2.05, 4.69) is 15.6 Å². The van der Waals surface area contributed by atoms with Crippen LogP contribution in [-0.2, 0) is 11.2 Å². The summed E-state index contributed by atoms with van der Waals surface area (Å²) in [6.45, 7) is 1.93. The topological polar surface area (TPSA) is 74.0 Å². The van der Waals surface area contributed by atoms with Crippen molar-refractivity contribution in [1.29, 1.82) is 0 Å². The summed E-state index contributed by atoms with van der Waals surface area (Å²) in [5.74, 6) is -0.166. The van der Waals surface area contributed by atoms with E-state index in [-0.39, 0.29) is 11.8 Å². The van der Waals surface area contributed by atoms with Crippen LogP contribution >= 0.6 is 11.6 Å². The van der Waals surface area contributed by atoms with Crippen molar-refractivity contribution in [2.45, 2.75) is 26.2 Å². The number of hydrogen-bond donors (Lipinski definition) is 3. The molecule has 1 aromatic heterocycles. The predicted octanol–water partition coefficient (Wildman–Crippen LogP) is 2.56. The molecular formula is C16H20ClN3O2. The highest BCUT2D eigenvalue weighted by Gasteiger charge is 2.17. The van der Waals surface area contributed by atoms with Crippen LogP contribution in [0.4, 0.5) is 0 Å². The van der Waals surface area contributed by atoms with E-state index in [4.69, 9.17) is 11.6 Å². The molecule has 0 aliphatic carbocycles. The van der Waals surface area contributed by atoms with Crippen molar-refractivity contribution in [1.82, 2.24) is 15.6 Å².